The highest BCUT2D eigenvalue weighted by Gasteiger charge is 3.23. The minimum atomic E-state index is -4.66. The zero-order valence-electron chi connectivity index (χ0n) is 19.1. The van der Waals surface area contributed by atoms with Crippen molar-refractivity contribution < 1.29 is 55.3 Å². The van der Waals surface area contributed by atoms with E-state index in [0.717, 1.165) is 38.5 Å². The number of hydrogen-bond acceptors (Lipinski definition) is 10. The van der Waals surface area contributed by atoms with Crippen LogP contribution in [0.1, 0.15) is 22.8 Å². The number of nitro groups is 1. The van der Waals surface area contributed by atoms with Gasteiger partial charge >= 0.3 is 32.0 Å². The number of esters is 1. The number of nitro benzene ring substituents is 1. The van der Waals surface area contributed by atoms with E-state index in [4.69, 9.17) is 34.9 Å². The van der Waals surface area contributed by atoms with Crippen molar-refractivity contribution in [3.63, 3.8) is 0 Å². The number of fused-ring (bicyclic) bond motifs is 1. The minimum absolute atomic E-state index is 0.0860. The largest absolute Gasteiger partial charge is 0.456 e. The Kier molecular flexibility index (Phi) is 6.55. The molecule has 0 amide bonds. The van der Waals surface area contributed by atoms with Crippen molar-refractivity contribution in [3.8, 4) is 11.5 Å². The van der Waals surface area contributed by atoms with Crippen molar-refractivity contribution in [2.24, 2.45) is 0 Å². The predicted octanol–water partition coefficient (Wildman–Crippen LogP) is 6.44. The second-order valence-electron chi connectivity index (χ2n) is 7.69. The van der Waals surface area contributed by atoms with E-state index in [9.17, 15) is 37.2 Å². The van der Waals surface area contributed by atoms with Crippen LogP contribution >= 0.6 is 26.3 Å². The summed E-state index contributed by atoms with van der Waals surface area (Å²) in [4.78, 5) is 23.7. The Hall–Kier alpha value is -2.47. The van der Waals surface area contributed by atoms with Crippen molar-refractivity contribution in [2.45, 2.75) is 23.3 Å². The molecule has 0 saturated carbocycles. The van der Waals surface area contributed by atoms with Crippen LogP contribution in [0.25, 0.3) is 0 Å². The molecule has 2 fully saturated rings. The van der Waals surface area contributed by atoms with E-state index in [-0.39, 0.29) is 18.1 Å². The van der Waals surface area contributed by atoms with E-state index >= 15 is 0 Å². The molecule has 2 atom stereocenters. The van der Waals surface area contributed by atoms with Crippen molar-refractivity contribution >= 4 is 38.0 Å². The number of ether oxygens (including phenoxy) is 3. The maximum Gasteiger partial charge on any atom is 0.416 e. The van der Waals surface area contributed by atoms with Gasteiger partial charge in [-0.15, -0.1) is 0 Å². The maximum atomic E-state index is 13.2. The number of halogens is 4. The molecule has 0 aromatic heterocycles. The van der Waals surface area contributed by atoms with Gasteiger partial charge in [-0.05, 0) is 31.2 Å². The Morgan fingerprint density at radius 3 is 2.19 bits per heavy atom. The first kappa shape index (κ1) is 27.6. The molecule has 0 bridgehead atoms. The fraction of sp³-hybridized carbons (Fsp3) is 0.350. The molecule has 2 aromatic carbocycles. The van der Waals surface area contributed by atoms with Crippen LogP contribution in [0.15, 0.2) is 36.4 Å². The third-order valence-electron chi connectivity index (χ3n) is 5.89. The molecular weight excluding hydrogens is 569 g/mol. The van der Waals surface area contributed by atoms with Gasteiger partial charge in [-0.3, -0.25) is 19.2 Å². The molecule has 200 valence electrons. The molecule has 11 nitrogen and oxygen atoms in total. The van der Waals surface area contributed by atoms with E-state index in [0.29, 0.717) is 12.1 Å². The molecule has 17 heteroatoms. The lowest BCUT2D eigenvalue weighted by molar-refractivity contribution is -0.385. The topological polar surface area (TPSA) is 140 Å². The summed E-state index contributed by atoms with van der Waals surface area (Å²) in [6.07, 6.45) is -4.66. The highest BCUT2D eigenvalue weighted by Crippen LogP contribution is 3.24. The normalized spacial score (nSPS) is 29.8. The molecule has 2 unspecified atom stereocenters. The van der Waals surface area contributed by atoms with Crippen molar-refractivity contribution in [2.75, 3.05) is 20.8 Å². The van der Waals surface area contributed by atoms with Gasteiger partial charge in [-0.2, -0.15) is 13.2 Å². The molecule has 2 heterocycles. The third-order valence-corrected chi connectivity index (χ3v) is 15.2. The van der Waals surface area contributed by atoms with Crippen molar-refractivity contribution in [1.29, 1.82) is 0 Å². The highest BCUT2D eigenvalue weighted by molar-refractivity contribution is 8.09. The first-order valence-corrected chi connectivity index (χ1v) is 13.9. The fourth-order valence-electron chi connectivity index (χ4n) is 4.17. The fourth-order valence-corrected chi connectivity index (χ4v) is 14.3. The molecule has 2 aliphatic rings. The van der Waals surface area contributed by atoms with Crippen molar-refractivity contribution in [3.05, 3.63) is 62.7 Å². The van der Waals surface area contributed by atoms with E-state index in [1.807, 2.05) is 0 Å². The molecule has 0 aliphatic carbocycles. The number of hydrogen-bond donors (Lipinski definition) is 0. The van der Waals surface area contributed by atoms with Gasteiger partial charge in [0, 0.05) is 33.0 Å². The molecule has 0 spiro atoms. The molecule has 2 aromatic rings. The average molecular weight is 586 g/mol. The van der Waals surface area contributed by atoms with Crippen LogP contribution < -0.4 is 4.74 Å². The molecule has 0 radical (unpaired) electrons. The number of carbonyl (C=O) groups is 1. The smallest absolute Gasteiger partial charge is 0.416 e. The van der Waals surface area contributed by atoms with E-state index < -0.39 is 63.8 Å². The van der Waals surface area contributed by atoms with Gasteiger partial charge in [-0.25, -0.2) is 4.79 Å². The van der Waals surface area contributed by atoms with Crippen LogP contribution in [0.3, 0.4) is 0 Å². The lowest BCUT2D eigenvalue weighted by Gasteiger charge is -2.18. The summed E-state index contributed by atoms with van der Waals surface area (Å²) in [6, 6.07) is 5.07. The Morgan fingerprint density at radius 2 is 1.70 bits per heavy atom. The number of benzene rings is 2. The molecular formula is C20H17ClF3NO10P2. The summed E-state index contributed by atoms with van der Waals surface area (Å²) in [7, 11) is -5.88. The molecule has 4 rings (SSSR count). The number of rotatable bonds is 9. The molecule has 37 heavy (non-hydrogen) atoms. The molecule has 0 N–H and O–H groups in total. The Labute approximate surface area is 211 Å². The first-order chi connectivity index (χ1) is 17.2. The standard InChI is InChI=1S/C20H17ClF3NO10P2/c1-4-33-19-20(36(19,29)31-2,37(19,30)32-3)35-17(26)13-10-12(6-7-15(13)25(27)28)34-16-8-5-11(9-14(16)21)18(22,23)24/h5-10H,4H2,1-3H3. The summed E-state index contributed by atoms with van der Waals surface area (Å²) < 4.78 is 91.1. The highest BCUT2D eigenvalue weighted by atomic mass is 35.5. The second kappa shape index (κ2) is 8.79. The summed E-state index contributed by atoms with van der Waals surface area (Å²) >= 11 is 5.88. The van der Waals surface area contributed by atoms with E-state index in [1.165, 1.54) is 6.92 Å². The van der Waals surface area contributed by atoms with E-state index in [2.05, 4.69) is 0 Å². The second-order valence-corrected chi connectivity index (χ2v) is 14.3. The number of alkyl halides is 3. The van der Waals surface area contributed by atoms with Crippen LogP contribution in [0.2, 0.25) is 5.02 Å². The minimum Gasteiger partial charge on any atom is -0.456 e. The lowest BCUT2D eigenvalue weighted by atomic mass is 10.1. The number of nitrogens with zero attached hydrogens (tertiary/aromatic N) is 1. The lowest BCUT2D eigenvalue weighted by Crippen LogP contribution is -2.15. The van der Waals surface area contributed by atoms with Crippen LogP contribution in [0, 0.1) is 10.1 Å². The monoisotopic (exact) mass is 585 g/mol. The predicted molar refractivity (Wildman–Crippen MR) is 121 cm³/mol. The van der Waals surface area contributed by atoms with Gasteiger partial charge in [-0.1, -0.05) is 11.6 Å². The zero-order valence-corrected chi connectivity index (χ0v) is 21.7. The van der Waals surface area contributed by atoms with Gasteiger partial charge in [0.05, 0.1) is 15.5 Å². The Morgan fingerprint density at radius 1 is 1.08 bits per heavy atom. The Bertz CT molecular complexity index is 1390. The quantitative estimate of drug-likeness (QED) is 0.140. The Balaban J connectivity index is 1.68. The van der Waals surface area contributed by atoms with Crippen LogP contribution in [0.5, 0.6) is 11.5 Å². The van der Waals surface area contributed by atoms with E-state index in [1.54, 1.807) is 0 Å². The van der Waals surface area contributed by atoms with Gasteiger partial charge in [0.2, 0.25) is 0 Å². The first-order valence-electron chi connectivity index (χ1n) is 10.2. The van der Waals surface area contributed by atoms with Gasteiger partial charge in [0.25, 0.3) is 10.8 Å². The van der Waals surface area contributed by atoms with Gasteiger partial charge in [0.15, 0.2) is 0 Å². The maximum absolute atomic E-state index is 13.2. The van der Waals surface area contributed by atoms with Crippen molar-refractivity contribution in [1.82, 2.24) is 0 Å². The van der Waals surface area contributed by atoms with Crippen LogP contribution in [-0.2, 0) is 33.8 Å². The SMILES string of the molecule is CCOC12C(OC(=O)c3cc(Oc4ccc(C(F)(F)F)cc4Cl)ccc3[N+](=O)[O-])(P1(=O)OC)P2(=O)OC. The number of carbonyl (C=O) groups excluding carboxylic acids is 1. The molecule has 2 saturated heterocycles. The summed E-state index contributed by atoms with van der Waals surface area (Å²) in [5, 5.41) is 6.84. The van der Waals surface area contributed by atoms with Gasteiger partial charge < -0.3 is 23.3 Å². The summed E-state index contributed by atoms with van der Waals surface area (Å²) in [5.41, 5.74) is -2.49. The average Bonchev–Trinajstić information content (AvgIpc) is 3.54. The van der Waals surface area contributed by atoms with Gasteiger partial charge in [0.1, 0.15) is 17.1 Å². The van der Waals surface area contributed by atoms with Crippen LogP contribution in [0.4, 0.5) is 18.9 Å². The third kappa shape index (κ3) is 3.50. The zero-order chi connectivity index (χ0) is 27.6. The summed E-state index contributed by atoms with van der Waals surface area (Å²) in [5.74, 6) is -1.89. The summed E-state index contributed by atoms with van der Waals surface area (Å²) in [6.45, 7) is 1.42. The molecule has 2 aliphatic heterocycles. The van der Waals surface area contributed by atoms with Crippen LogP contribution in [-0.4, -0.2) is 41.9 Å².